The highest BCUT2D eigenvalue weighted by molar-refractivity contribution is 5.89. The summed E-state index contributed by atoms with van der Waals surface area (Å²) in [5.74, 6) is -0.793. The lowest BCUT2D eigenvalue weighted by Gasteiger charge is -2.61. The zero-order valence-corrected chi connectivity index (χ0v) is 20.8. The van der Waals surface area contributed by atoms with Crippen molar-refractivity contribution in [3.63, 3.8) is 0 Å². The number of imide groups is 1. The molecule has 3 saturated carbocycles. The SMILES string of the molecule is C=C[C@]1(C)C[C@@H](OC(=O)NC(=O)OCC(=O)NC)[C@@]2(C)C(C)CC[C@]3(CCC(=O)[C@H]32)[C@@H](C)[C@@H]1O. The molecule has 3 aliphatic rings. The van der Waals surface area contributed by atoms with Crippen molar-refractivity contribution in [2.24, 2.45) is 34.0 Å². The molecule has 2 bridgehead atoms. The molecule has 3 fully saturated rings. The van der Waals surface area contributed by atoms with E-state index < -0.39 is 47.7 Å². The summed E-state index contributed by atoms with van der Waals surface area (Å²) in [7, 11) is 1.40. The summed E-state index contributed by atoms with van der Waals surface area (Å²) in [4.78, 5) is 49.4. The Labute approximate surface area is 201 Å². The maximum atomic E-state index is 13.3. The van der Waals surface area contributed by atoms with Crippen LogP contribution in [0.5, 0.6) is 0 Å². The average molecular weight is 479 g/mol. The summed E-state index contributed by atoms with van der Waals surface area (Å²) >= 11 is 0. The van der Waals surface area contributed by atoms with Gasteiger partial charge < -0.3 is 19.9 Å². The number of hydrogen-bond acceptors (Lipinski definition) is 7. The first-order chi connectivity index (χ1) is 15.9. The molecular weight excluding hydrogens is 440 g/mol. The lowest BCUT2D eigenvalue weighted by molar-refractivity contribution is -0.191. The van der Waals surface area contributed by atoms with E-state index in [0.29, 0.717) is 12.8 Å². The number of ether oxygens (including phenoxy) is 2. The second-order valence-corrected chi connectivity index (χ2v) is 10.9. The molecule has 34 heavy (non-hydrogen) atoms. The number of rotatable bonds is 4. The maximum Gasteiger partial charge on any atom is 0.417 e. The highest BCUT2D eigenvalue weighted by atomic mass is 16.6. The van der Waals surface area contributed by atoms with Gasteiger partial charge in [-0.25, -0.2) is 14.9 Å². The van der Waals surface area contributed by atoms with Crippen molar-refractivity contribution in [2.45, 2.75) is 72.0 Å². The molecule has 190 valence electrons. The molecule has 0 aromatic heterocycles. The van der Waals surface area contributed by atoms with E-state index in [2.05, 4.69) is 18.8 Å². The molecule has 0 saturated heterocycles. The molecule has 3 N–H and O–H groups in total. The number of nitrogens with one attached hydrogen (secondary N) is 2. The lowest BCUT2D eigenvalue weighted by atomic mass is 9.44. The van der Waals surface area contributed by atoms with Crippen LogP contribution in [0.1, 0.15) is 59.8 Å². The Hall–Kier alpha value is -2.42. The van der Waals surface area contributed by atoms with Crippen LogP contribution in [-0.2, 0) is 19.1 Å². The zero-order chi connectivity index (χ0) is 25.5. The van der Waals surface area contributed by atoms with Gasteiger partial charge in [0.1, 0.15) is 11.9 Å². The molecule has 9 heteroatoms. The van der Waals surface area contributed by atoms with Gasteiger partial charge in [0.25, 0.3) is 5.91 Å². The van der Waals surface area contributed by atoms with Crippen molar-refractivity contribution in [3.05, 3.63) is 12.7 Å². The van der Waals surface area contributed by atoms with Crippen LogP contribution in [0.3, 0.4) is 0 Å². The Balaban J connectivity index is 1.95. The Morgan fingerprint density at radius 3 is 2.50 bits per heavy atom. The van der Waals surface area contributed by atoms with E-state index in [4.69, 9.17) is 9.47 Å². The van der Waals surface area contributed by atoms with Gasteiger partial charge in [0.2, 0.25) is 0 Å². The number of hydrogen-bond donors (Lipinski definition) is 3. The summed E-state index contributed by atoms with van der Waals surface area (Å²) in [6.45, 7) is 11.4. The van der Waals surface area contributed by atoms with Crippen LogP contribution < -0.4 is 10.6 Å². The predicted molar refractivity (Wildman–Crippen MR) is 124 cm³/mol. The number of amides is 3. The maximum absolute atomic E-state index is 13.3. The third-order valence-corrected chi connectivity index (χ3v) is 9.37. The molecule has 8 atom stereocenters. The predicted octanol–water partition coefficient (Wildman–Crippen LogP) is 2.96. The van der Waals surface area contributed by atoms with E-state index in [1.54, 1.807) is 6.08 Å². The fourth-order valence-corrected chi connectivity index (χ4v) is 6.98. The van der Waals surface area contributed by atoms with Crippen molar-refractivity contribution in [2.75, 3.05) is 13.7 Å². The van der Waals surface area contributed by atoms with Crippen LogP contribution in [0.15, 0.2) is 12.7 Å². The third kappa shape index (κ3) is 4.12. The molecule has 0 radical (unpaired) electrons. The largest absolute Gasteiger partial charge is 0.445 e. The molecule has 1 unspecified atom stereocenters. The van der Waals surface area contributed by atoms with Crippen LogP contribution >= 0.6 is 0 Å². The molecule has 3 aliphatic carbocycles. The third-order valence-electron chi connectivity index (χ3n) is 9.37. The average Bonchev–Trinajstić information content (AvgIpc) is 3.16. The number of likely N-dealkylation sites (N-methyl/N-ethyl adjacent to an activating group) is 1. The number of carbonyl (C=O) groups excluding carboxylic acids is 4. The van der Waals surface area contributed by atoms with Crippen molar-refractivity contribution in [1.82, 2.24) is 10.6 Å². The number of aliphatic hydroxyl groups is 1. The molecule has 3 amide bonds. The topological polar surface area (TPSA) is 131 Å². The molecular formula is C25H38N2O7. The summed E-state index contributed by atoms with van der Waals surface area (Å²) < 4.78 is 10.6. The summed E-state index contributed by atoms with van der Waals surface area (Å²) in [6, 6.07) is 0. The standard InChI is InChI=1S/C25H38N2O7/c1-7-23(4)12-17(34-22(32)27-21(31)33-13-18(29)26-6)24(5)14(2)8-10-25(15(3)20(23)30)11-9-16(28)19(24)25/h7,14-15,17,19-20,30H,1,8-13H2,2-6H3,(H,26,29)(H,27,31,32)/t14?,15-,17+,19-,20-,23+,24+,25-/m0/s1. The Morgan fingerprint density at radius 1 is 1.21 bits per heavy atom. The smallest absolute Gasteiger partial charge is 0.417 e. The Morgan fingerprint density at radius 2 is 1.88 bits per heavy atom. The van der Waals surface area contributed by atoms with Gasteiger partial charge >= 0.3 is 12.2 Å². The fraction of sp³-hybridized carbons (Fsp3) is 0.760. The van der Waals surface area contributed by atoms with E-state index in [0.717, 1.165) is 12.8 Å². The van der Waals surface area contributed by atoms with Gasteiger partial charge in [-0.1, -0.05) is 33.8 Å². The molecule has 9 nitrogen and oxygen atoms in total. The van der Waals surface area contributed by atoms with Gasteiger partial charge in [0, 0.05) is 30.2 Å². The highest BCUT2D eigenvalue weighted by Gasteiger charge is 2.68. The fourth-order valence-electron chi connectivity index (χ4n) is 6.98. The van der Waals surface area contributed by atoms with Gasteiger partial charge in [-0.3, -0.25) is 9.59 Å². The van der Waals surface area contributed by atoms with Crippen molar-refractivity contribution in [1.29, 1.82) is 0 Å². The van der Waals surface area contributed by atoms with Gasteiger partial charge in [0.05, 0.1) is 6.10 Å². The van der Waals surface area contributed by atoms with E-state index in [-0.39, 0.29) is 35.4 Å². The summed E-state index contributed by atoms with van der Waals surface area (Å²) in [6.07, 6.45) is 1.13. The van der Waals surface area contributed by atoms with E-state index in [1.165, 1.54) is 7.05 Å². The number of alkyl carbamates (subject to hydrolysis) is 2. The second-order valence-electron chi connectivity index (χ2n) is 10.9. The molecule has 0 aliphatic heterocycles. The van der Waals surface area contributed by atoms with Gasteiger partial charge in [0.15, 0.2) is 6.61 Å². The van der Waals surface area contributed by atoms with Gasteiger partial charge in [-0.15, -0.1) is 6.58 Å². The first-order valence-corrected chi connectivity index (χ1v) is 12.0. The normalized spacial score (nSPS) is 41.4. The summed E-state index contributed by atoms with van der Waals surface area (Å²) in [5, 5.41) is 15.8. The van der Waals surface area contributed by atoms with Gasteiger partial charge in [-0.05, 0) is 42.9 Å². The van der Waals surface area contributed by atoms with Crippen molar-refractivity contribution < 1.29 is 33.8 Å². The van der Waals surface area contributed by atoms with Crippen molar-refractivity contribution >= 4 is 23.9 Å². The minimum atomic E-state index is -1.10. The Kier molecular flexibility index (Phi) is 7.18. The number of aliphatic hydroxyl groups excluding tert-OH is 1. The van der Waals surface area contributed by atoms with Crippen LogP contribution in [0.2, 0.25) is 0 Å². The number of carbonyl (C=O) groups is 4. The first kappa shape index (κ1) is 26.2. The van der Waals surface area contributed by atoms with Crippen LogP contribution in [-0.4, -0.2) is 54.8 Å². The minimum absolute atomic E-state index is 0.0715. The van der Waals surface area contributed by atoms with E-state index in [1.807, 2.05) is 26.1 Å². The highest BCUT2D eigenvalue weighted by Crippen LogP contribution is 2.67. The molecule has 0 spiro atoms. The monoisotopic (exact) mass is 478 g/mol. The second kappa shape index (κ2) is 9.32. The Bertz CT molecular complexity index is 875. The van der Waals surface area contributed by atoms with Crippen LogP contribution in [0.25, 0.3) is 0 Å². The molecule has 0 aromatic carbocycles. The van der Waals surface area contributed by atoms with Crippen molar-refractivity contribution in [3.8, 4) is 0 Å². The first-order valence-electron chi connectivity index (χ1n) is 12.0. The van der Waals surface area contributed by atoms with Crippen LogP contribution in [0, 0.1) is 34.0 Å². The molecule has 0 aromatic rings. The van der Waals surface area contributed by atoms with Crippen LogP contribution in [0.4, 0.5) is 9.59 Å². The molecule has 0 heterocycles. The quantitative estimate of drug-likeness (QED) is 0.530. The molecule has 3 rings (SSSR count). The lowest BCUT2D eigenvalue weighted by Crippen LogP contribution is -2.63. The van der Waals surface area contributed by atoms with E-state index >= 15 is 0 Å². The number of ketones is 1. The van der Waals surface area contributed by atoms with Gasteiger partial charge in [-0.2, -0.15) is 0 Å². The zero-order valence-electron chi connectivity index (χ0n) is 20.8. The minimum Gasteiger partial charge on any atom is -0.445 e. The summed E-state index contributed by atoms with van der Waals surface area (Å²) in [5.41, 5.74) is -1.84. The number of Topliss-reactive ketones (excluding diaryl/α,β-unsaturated/α-hetero) is 1. The van der Waals surface area contributed by atoms with E-state index in [9.17, 15) is 24.3 Å².